The zero-order chi connectivity index (χ0) is 19.1. The average Bonchev–Trinajstić information content (AvgIpc) is 2.93. The van der Waals surface area contributed by atoms with Gasteiger partial charge in [0.2, 0.25) is 0 Å². The number of imidazole rings is 1. The van der Waals surface area contributed by atoms with Crippen LogP contribution in [0, 0.1) is 6.92 Å². The molecule has 2 aliphatic heterocycles. The van der Waals surface area contributed by atoms with E-state index >= 15 is 0 Å². The van der Waals surface area contributed by atoms with Gasteiger partial charge in [-0.3, -0.25) is 4.90 Å². The summed E-state index contributed by atoms with van der Waals surface area (Å²) in [6, 6.07) is 16.3. The van der Waals surface area contributed by atoms with Crippen LogP contribution in [-0.4, -0.2) is 58.6 Å². The number of benzene rings is 2. The molecule has 0 bridgehead atoms. The van der Waals surface area contributed by atoms with E-state index < -0.39 is 0 Å². The zero-order valence-electron chi connectivity index (χ0n) is 17.1. The largest absolute Gasteiger partial charge is 0.327 e. The van der Waals surface area contributed by atoms with Crippen LogP contribution >= 0.6 is 0 Å². The van der Waals surface area contributed by atoms with E-state index in [0.29, 0.717) is 0 Å². The molecule has 0 spiro atoms. The Bertz CT molecular complexity index is 964. The van der Waals surface area contributed by atoms with E-state index in [1.54, 1.807) is 0 Å². The summed E-state index contributed by atoms with van der Waals surface area (Å²) in [7, 11) is 2.24. The van der Waals surface area contributed by atoms with Gasteiger partial charge in [-0.15, -0.1) is 0 Å². The smallest absolute Gasteiger partial charge is 0.111 e. The van der Waals surface area contributed by atoms with E-state index in [4.69, 9.17) is 4.98 Å². The zero-order valence-corrected chi connectivity index (χ0v) is 17.1. The minimum absolute atomic E-state index is 0.750. The molecular formula is C24H30N4. The van der Waals surface area contributed by atoms with Crippen molar-refractivity contribution < 1.29 is 0 Å². The lowest BCUT2D eigenvalue weighted by Gasteiger charge is -2.36. The van der Waals surface area contributed by atoms with E-state index in [0.717, 1.165) is 37.6 Å². The van der Waals surface area contributed by atoms with Gasteiger partial charge in [0, 0.05) is 32.1 Å². The molecule has 3 aromatic rings. The topological polar surface area (TPSA) is 24.3 Å². The summed E-state index contributed by atoms with van der Waals surface area (Å²) in [6.45, 7) is 7.94. The first-order chi connectivity index (χ1) is 13.7. The second-order valence-electron chi connectivity index (χ2n) is 8.57. The Labute approximate surface area is 167 Å². The molecule has 0 saturated carbocycles. The lowest BCUT2D eigenvalue weighted by molar-refractivity contribution is 0.123. The van der Waals surface area contributed by atoms with Crippen molar-refractivity contribution in [1.82, 2.24) is 19.4 Å². The first-order valence-electron chi connectivity index (χ1n) is 10.7. The van der Waals surface area contributed by atoms with Crippen molar-refractivity contribution in [1.29, 1.82) is 0 Å². The third-order valence-electron chi connectivity index (χ3n) is 6.65. The fraction of sp³-hybridized carbons (Fsp3) is 0.458. The van der Waals surface area contributed by atoms with Crippen LogP contribution in [0.25, 0.3) is 22.2 Å². The van der Waals surface area contributed by atoms with E-state index in [1.807, 2.05) is 0 Å². The summed E-state index contributed by atoms with van der Waals surface area (Å²) in [4.78, 5) is 10.2. The molecule has 0 unspecified atom stereocenters. The van der Waals surface area contributed by atoms with Gasteiger partial charge in [0.25, 0.3) is 0 Å². The Morgan fingerprint density at radius 3 is 2.39 bits per heavy atom. The Kier molecular flexibility index (Phi) is 4.69. The maximum absolute atomic E-state index is 5.04. The van der Waals surface area contributed by atoms with Crippen molar-refractivity contribution in [3.63, 3.8) is 0 Å². The van der Waals surface area contributed by atoms with Gasteiger partial charge in [-0.25, -0.2) is 4.98 Å². The summed E-state index contributed by atoms with van der Waals surface area (Å²) in [5.74, 6) is 1.26. The fourth-order valence-corrected chi connectivity index (χ4v) is 4.85. The molecule has 1 aromatic heterocycles. The molecule has 5 rings (SSSR count). The molecular weight excluding hydrogens is 344 g/mol. The van der Waals surface area contributed by atoms with Gasteiger partial charge in [-0.05, 0) is 63.2 Å². The van der Waals surface area contributed by atoms with Crippen molar-refractivity contribution in [2.24, 2.45) is 0 Å². The van der Waals surface area contributed by atoms with Crippen LogP contribution < -0.4 is 0 Å². The molecule has 0 aliphatic carbocycles. The van der Waals surface area contributed by atoms with Crippen LogP contribution in [0.15, 0.2) is 42.5 Å². The number of fused-ring (bicyclic) bond motifs is 3. The van der Waals surface area contributed by atoms with E-state index in [1.165, 1.54) is 54.0 Å². The van der Waals surface area contributed by atoms with Gasteiger partial charge in [0.05, 0.1) is 11.0 Å². The van der Waals surface area contributed by atoms with Crippen LogP contribution in [0.3, 0.4) is 0 Å². The van der Waals surface area contributed by atoms with Crippen LogP contribution in [-0.2, 0) is 13.0 Å². The highest BCUT2D eigenvalue weighted by Crippen LogP contribution is 2.27. The molecule has 0 N–H and O–H groups in total. The predicted octanol–water partition coefficient (Wildman–Crippen LogP) is 3.96. The number of hydrogen-bond donors (Lipinski definition) is 0. The third kappa shape index (κ3) is 3.36. The molecule has 0 radical (unpaired) electrons. The number of hydrogen-bond acceptors (Lipinski definition) is 3. The Morgan fingerprint density at radius 2 is 1.61 bits per heavy atom. The first kappa shape index (κ1) is 17.9. The lowest BCUT2D eigenvalue weighted by Crippen LogP contribution is -2.44. The predicted molar refractivity (Wildman–Crippen MR) is 116 cm³/mol. The Morgan fingerprint density at radius 1 is 0.857 bits per heavy atom. The van der Waals surface area contributed by atoms with Crippen LogP contribution in [0.1, 0.15) is 24.2 Å². The summed E-state index contributed by atoms with van der Waals surface area (Å²) >= 11 is 0. The first-order valence-corrected chi connectivity index (χ1v) is 10.7. The molecule has 0 atom stereocenters. The fourth-order valence-electron chi connectivity index (χ4n) is 4.85. The van der Waals surface area contributed by atoms with Gasteiger partial charge in [-0.2, -0.15) is 0 Å². The number of aryl methyl sites for hydroxylation is 1. The molecule has 1 fully saturated rings. The van der Waals surface area contributed by atoms with Crippen LogP contribution in [0.4, 0.5) is 0 Å². The highest BCUT2D eigenvalue weighted by Gasteiger charge is 2.26. The summed E-state index contributed by atoms with van der Waals surface area (Å²) < 4.78 is 2.46. The molecule has 2 aliphatic rings. The second kappa shape index (κ2) is 7.34. The SMILES string of the molecule is Cc1ccc(-c2ccc3c(c2)nc2n3CCN(C3CCN(C)CC3)CC2)cc1. The van der Waals surface area contributed by atoms with Crippen molar-refractivity contribution in [3.05, 3.63) is 53.9 Å². The number of aromatic nitrogens is 2. The molecule has 0 amide bonds. The maximum atomic E-state index is 5.04. The standard InChI is InChI=1S/C24H30N4/c1-18-3-5-19(6-4-18)20-7-8-23-22(17-20)25-24-11-14-27(15-16-28(23)24)21-9-12-26(2)13-10-21/h3-8,17,21H,9-16H2,1-2H3. The van der Waals surface area contributed by atoms with E-state index in [-0.39, 0.29) is 0 Å². The maximum Gasteiger partial charge on any atom is 0.111 e. The molecule has 4 nitrogen and oxygen atoms in total. The van der Waals surface area contributed by atoms with Gasteiger partial charge in [0.15, 0.2) is 0 Å². The number of rotatable bonds is 2. The highest BCUT2D eigenvalue weighted by atomic mass is 15.2. The van der Waals surface area contributed by atoms with Gasteiger partial charge >= 0.3 is 0 Å². The van der Waals surface area contributed by atoms with Crippen molar-refractivity contribution in [2.75, 3.05) is 33.2 Å². The second-order valence-corrected chi connectivity index (χ2v) is 8.57. The quantitative estimate of drug-likeness (QED) is 0.678. The average molecular weight is 375 g/mol. The lowest BCUT2D eigenvalue weighted by atomic mass is 10.0. The van der Waals surface area contributed by atoms with Crippen molar-refractivity contribution in [3.8, 4) is 11.1 Å². The van der Waals surface area contributed by atoms with Crippen molar-refractivity contribution >= 4 is 11.0 Å². The summed E-state index contributed by atoms with van der Waals surface area (Å²) in [6.07, 6.45) is 3.67. The monoisotopic (exact) mass is 374 g/mol. The normalized spacial score (nSPS) is 19.6. The van der Waals surface area contributed by atoms with Gasteiger partial charge in [-0.1, -0.05) is 35.9 Å². The number of likely N-dealkylation sites (tertiary alicyclic amines) is 1. The molecule has 2 aromatic carbocycles. The van der Waals surface area contributed by atoms with Gasteiger partial charge in [0.1, 0.15) is 5.82 Å². The Balaban J connectivity index is 1.38. The number of nitrogens with zero attached hydrogens (tertiary/aromatic N) is 4. The van der Waals surface area contributed by atoms with E-state index in [9.17, 15) is 0 Å². The van der Waals surface area contributed by atoms with Gasteiger partial charge < -0.3 is 9.47 Å². The van der Waals surface area contributed by atoms with Crippen LogP contribution in [0.2, 0.25) is 0 Å². The summed E-state index contributed by atoms with van der Waals surface area (Å²) in [5, 5.41) is 0. The molecule has 28 heavy (non-hydrogen) atoms. The van der Waals surface area contributed by atoms with Crippen molar-refractivity contribution in [2.45, 2.75) is 38.8 Å². The molecule has 4 heteroatoms. The number of piperidine rings is 1. The van der Waals surface area contributed by atoms with Crippen LogP contribution in [0.5, 0.6) is 0 Å². The Hall–Kier alpha value is -2.17. The third-order valence-corrected chi connectivity index (χ3v) is 6.65. The minimum Gasteiger partial charge on any atom is -0.327 e. The molecule has 146 valence electrons. The minimum atomic E-state index is 0.750. The molecule has 1 saturated heterocycles. The van der Waals surface area contributed by atoms with E-state index in [2.05, 4.69) is 70.8 Å². The molecule has 3 heterocycles. The highest BCUT2D eigenvalue weighted by molar-refractivity contribution is 5.82. The summed E-state index contributed by atoms with van der Waals surface area (Å²) in [5.41, 5.74) is 6.25.